The first-order valence-corrected chi connectivity index (χ1v) is 11.1. The first-order valence-electron chi connectivity index (χ1n) is 9.49. The number of hydrogen-bond donors (Lipinski definition) is 0. The van der Waals surface area contributed by atoms with Gasteiger partial charge in [-0.2, -0.15) is 0 Å². The molecule has 0 saturated carbocycles. The Hall–Kier alpha value is -3.35. The van der Waals surface area contributed by atoms with Crippen LogP contribution in [0.1, 0.15) is 5.01 Å². The SMILES string of the molecule is O=c1c(OCc2nc3ccccc3s2)c2sc3ccccc3nc-2c2ccccc12. The number of para-hydroxylation sites is 2. The summed E-state index contributed by atoms with van der Waals surface area (Å²) in [6.07, 6.45) is 0. The highest BCUT2D eigenvalue weighted by Crippen LogP contribution is 2.40. The molecular weight excluding hydrogens is 412 g/mol. The Morgan fingerprint density at radius 1 is 0.733 bits per heavy atom. The average Bonchev–Trinajstić information content (AvgIpc) is 3.21. The van der Waals surface area contributed by atoms with Crippen molar-refractivity contribution in [2.75, 3.05) is 0 Å². The minimum Gasteiger partial charge on any atom is -0.481 e. The van der Waals surface area contributed by atoms with E-state index in [-0.39, 0.29) is 12.0 Å². The van der Waals surface area contributed by atoms with E-state index in [2.05, 4.69) is 4.98 Å². The van der Waals surface area contributed by atoms with E-state index in [9.17, 15) is 4.79 Å². The number of fused-ring (bicyclic) bond motifs is 5. The van der Waals surface area contributed by atoms with Crippen LogP contribution in [0.4, 0.5) is 0 Å². The summed E-state index contributed by atoms with van der Waals surface area (Å²) in [5.41, 5.74) is 2.55. The van der Waals surface area contributed by atoms with Gasteiger partial charge >= 0.3 is 0 Å². The molecule has 0 amide bonds. The third kappa shape index (κ3) is 2.76. The minimum atomic E-state index is -0.104. The fraction of sp³-hybridized carbons (Fsp3) is 0.0417. The normalized spacial score (nSPS) is 11.6. The fourth-order valence-electron chi connectivity index (χ4n) is 3.66. The van der Waals surface area contributed by atoms with Crippen LogP contribution in [0.15, 0.2) is 77.6 Å². The van der Waals surface area contributed by atoms with E-state index >= 15 is 0 Å². The van der Waals surface area contributed by atoms with E-state index in [1.807, 2.05) is 72.8 Å². The van der Waals surface area contributed by atoms with Crippen LogP contribution < -0.4 is 10.2 Å². The average molecular weight is 427 g/mol. The van der Waals surface area contributed by atoms with Crippen molar-refractivity contribution in [3.05, 3.63) is 88.0 Å². The molecule has 144 valence electrons. The zero-order valence-electron chi connectivity index (χ0n) is 15.7. The lowest BCUT2D eigenvalue weighted by Crippen LogP contribution is -2.11. The third-order valence-electron chi connectivity index (χ3n) is 5.04. The molecule has 1 aliphatic heterocycles. The molecule has 2 aliphatic rings. The standard InChI is InChI=1S/C24H14N2O2S2/c27-22-15-8-2-1-7-14(15)21-24(30-19-12-6-4-10-17(19)26-21)23(22)28-13-20-25-16-9-3-5-11-18(16)29-20/h1-12H,13H2. The minimum absolute atomic E-state index is 0.104. The van der Waals surface area contributed by atoms with Gasteiger partial charge in [0.05, 0.1) is 26.1 Å². The molecule has 30 heavy (non-hydrogen) atoms. The molecule has 0 N–H and O–H groups in total. The van der Waals surface area contributed by atoms with Gasteiger partial charge in [-0.1, -0.05) is 48.5 Å². The molecule has 1 aromatic heterocycles. The Bertz CT molecular complexity index is 1550. The Labute approximate surface area is 179 Å². The second kappa shape index (κ2) is 6.86. The fourth-order valence-corrected chi connectivity index (χ4v) is 5.62. The Morgan fingerprint density at radius 2 is 1.37 bits per heavy atom. The monoisotopic (exact) mass is 426 g/mol. The predicted molar refractivity (Wildman–Crippen MR) is 124 cm³/mol. The van der Waals surface area contributed by atoms with Crippen LogP contribution in [-0.2, 0) is 6.61 Å². The molecule has 0 unspecified atom stereocenters. The van der Waals surface area contributed by atoms with Crippen LogP contribution in [-0.4, -0.2) is 9.97 Å². The molecular formula is C24H14N2O2S2. The first kappa shape index (κ1) is 17.5. The molecule has 0 fully saturated rings. The molecule has 4 nitrogen and oxygen atoms in total. The summed E-state index contributed by atoms with van der Waals surface area (Å²) in [5.74, 6) is 0.353. The maximum Gasteiger partial charge on any atom is 0.229 e. The lowest BCUT2D eigenvalue weighted by molar-refractivity contribution is 0.305. The van der Waals surface area contributed by atoms with Crippen molar-refractivity contribution in [3.63, 3.8) is 0 Å². The van der Waals surface area contributed by atoms with E-state index in [1.54, 1.807) is 22.7 Å². The number of benzene rings is 4. The lowest BCUT2D eigenvalue weighted by Gasteiger charge is -2.14. The largest absolute Gasteiger partial charge is 0.481 e. The van der Waals surface area contributed by atoms with Crippen molar-refractivity contribution in [2.45, 2.75) is 6.61 Å². The van der Waals surface area contributed by atoms with E-state index in [4.69, 9.17) is 9.72 Å². The van der Waals surface area contributed by atoms with Gasteiger partial charge < -0.3 is 4.74 Å². The molecule has 0 spiro atoms. The molecule has 3 aromatic carbocycles. The molecule has 2 heterocycles. The zero-order valence-corrected chi connectivity index (χ0v) is 17.3. The van der Waals surface area contributed by atoms with E-state index in [0.29, 0.717) is 11.1 Å². The summed E-state index contributed by atoms with van der Waals surface area (Å²) in [4.78, 5) is 23.6. The zero-order chi connectivity index (χ0) is 20.1. The number of hydrogen-bond acceptors (Lipinski definition) is 6. The number of rotatable bonds is 3. The number of thiazole rings is 1. The van der Waals surface area contributed by atoms with E-state index in [0.717, 1.165) is 41.4 Å². The van der Waals surface area contributed by atoms with Crippen LogP contribution in [0.5, 0.6) is 5.75 Å². The van der Waals surface area contributed by atoms with Crippen molar-refractivity contribution >= 4 is 53.9 Å². The molecule has 6 heteroatoms. The molecule has 1 aliphatic carbocycles. The van der Waals surface area contributed by atoms with Crippen molar-refractivity contribution < 1.29 is 4.74 Å². The second-order valence-electron chi connectivity index (χ2n) is 6.93. The van der Waals surface area contributed by atoms with Gasteiger partial charge in [0.1, 0.15) is 16.5 Å². The second-order valence-corrected chi connectivity index (χ2v) is 9.09. The highest BCUT2D eigenvalue weighted by molar-refractivity contribution is 7.21. The highest BCUT2D eigenvalue weighted by atomic mass is 32.1. The maximum atomic E-state index is 13.3. The molecule has 4 aromatic rings. The summed E-state index contributed by atoms with van der Waals surface area (Å²) in [6, 6.07) is 23.5. The van der Waals surface area contributed by atoms with Gasteiger partial charge in [-0.25, -0.2) is 9.97 Å². The molecule has 6 rings (SSSR count). The maximum absolute atomic E-state index is 13.3. The Morgan fingerprint density at radius 3 is 2.13 bits per heavy atom. The summed E-state index contributed by atoms with van der Waals surface area (Å²) < 4.78 is 8.26. The summed E-state index contributed by atoms with van der Waals surface area (Å²) in [5, 5.41) is 2.32. The predicted octanol–water partition coefficient (Wildman–Crippen LogP) is 6.10. The quantitative estimate of drug-likeness (QED) is 0.253. The number of ether oxygens (including phenoxy) is 1. The van der Waals surface area contributed by atoms with Crippen molar-refractivity contribution in [1.82, 2.24) is 9.97 Å². The molecule has 0 radical (unpaired) electrons. The van der Waals surface area contributed by atoms with Gasteiger partial charge in [-0.05, 0) is 24.3 Å². The summed E-state index contributed by atoms with van der Waals surface area (Å²) >= 11 is 3.13. The smallest absolute Gasteiger partial charge is 0.229 e. The van der Waals surface area contributed by atoms with Gasteiger partial charge in [0, 0.05) is 10.8 Å². The van der Waals surface area contributed by atoms with Crippen LogP contribution in [0, 0.1) is 0 Å². The van der Waals surface area contributed by atoms with Crippen molar-refractivity contribution in [2.24, 2.45) is 0 Å². The Kier molecular flexibility index (Phi) is 4.00. The number of aromatic nitrogens is 2. The molecule has 0 saturated heterocycles. The molecule has 0 bridgehead atoms. The Balaban J connectivity index is 1.55. The van der Waals surface area contributed by atoms with Gasteiger partial charge in [0.15, 0.2) is 5.75 Å². The van der Waals surface area contributed by atoms with E-state index in [1.165, 1.54) is 0 Å². The van der Waals surface area contributed by atoms with Crippen molar-refractivity contribution in [3.8, 4) is 16.3 Å². The van der Waals surface area contributed by atoms with Crippen LogP contribution in [0.3, 0.4) is 0 Å². The van der Waals surface area contributed by atoms with Crippen LogP contribution in [0.2, 0.25) is 0 Å². The van der Waals surface area contributed by atoms with E-state index < -0.39 is 0 Å². The lowest BCUT2D eigenvalue weighted by atomic mass is 10.0. The summed E-state index contributed by atoms with van der Waals surface area (Å²) in [7, 11) is 0. The number of nitrogens with zero attached hydrogens (tertiary/aromatic N) is 2. The highest BCUT2D eigenvalue weighted by Gasteiger charge is 2.22. The summed E-state index contributed by atoms with van der Waals surface area (Å²) in [6.45, 7) is 0.252. The van der Waals surface area contributed by atoms with Gasteiger partial charge in [-0.15, -0.1) is 22.7 Å². The van der Waals surface area contributed by atoms with Gasteiger partial charge in [0.25, 0.3) is 0 Å². The van der Waals surface area contributed by atoms with Gasteiger partial charge in [0.2, 0.25) is 5.43 Å². The van der Waals surface area contributed by atoms with Crippen LogP contribution in [0.25, 0.3) is 41.8 Å². The van der Waals surface area contributed by atoms with Crippen LogP contribution >= 0.6 is 22.7 Å². The van der Waals surface area contributed by atoms with Gasteiger partial charge in [-0.3, -0.25) is 4.79 Å². The topological polar surface area (TPSA) is 52.1 Å². The van der Waals surface area contributed by atoms with Crippen molar-refractivity contribution in [1.29, 1.82) is 0 Å². The molecule has 0 atom stereocenters. The first-order chi connectivity index (χ1) is 14.8. The third-order valence-corrected chi connectivity index (χ3v) is 7.20.